The first-order valence-corrected chi connectivity index (χ1v) is 26.9. The number of aromatic nitrogens is 2. The number of fused-ring (bicyclic) bond motifs is 2. The molecule has 3 aliphatic rings. The average molecular weight is 1120 g/mol. The summed E-state index contributed by atoms with van der Waals surface area (Å²) in [7, 11) is 3.07. The van der Waals surface area contributed by atoms with Crippen LogP contribution in [0.3, 0.4) is 0 Å². The Kier molecular flexibility index (Phi) is 32.5. The molecule has 0 saturated carbocycles. The molecule has 0 spiro atoms. The minimum atomic E-state index is -0.711. The minimum absolute atomic E-state index is 0. The molecule has 2 aromatic heterocycles. The molecule has 1 atom stereocenters. The number of carbonyl (C=O) groups excluding carboxylic acids is 5. The average Bonchev–Trinajstić information content (AvgIpc) is 3.41. The van der Waals surface area contributed by atoms with Crippen molar-refractivity contribution in [3.05, 3.63) is 84.2 Å². The van der Waals surface area contributed by atoms with Gasteiger partial charge in [-0.25, -0.2) is 19.4 Å². The van der Waals surface area contributed by atoms with Crippen molar-refractivity contribution in [2.75, 3.05) is 66.6 Å². The molecule has 3 saturated heterocycles. The summed E-state index contributed by atoms with van der Waals surface area (Å²) in [5.74, 6) is 8.59. The molecule has 7 rings (SSSR count). The number of likely N-dealkylation sites (tertiary alicyclic amines) is 3. The van der Waals surface area contributed by atoms with Crippen molar-refractivity contribution in [2.24, 2.45) is 17.8 Å². The second-order valence-corrected chi connectivity index (χ2v) is 22.0. The van der Waals surface area contributed by atoms with Crippen LogP contribution < -0.4 is 18.9 Å². The molecule has 4 amide bonds. The van der Waals surface area contributed by atoms with Gasteiger partial charge in [0.15, 0.2) is 17.4 Å². The van der Waals surface area contributed by atoms with E-state index in [4.69, 9.17) is 30.2 Å². The zero-order chi connectivity index (χ0) is 58.1. The van der Waals surface area contributed by atoms with Gasteiger partial charge in [-0.1, -0.05) is 54.2 Å². The van der Waals surface area contributed by atoms with Gasteiger partial charge < -0.3 is 45.0 Å². The quantitative estimate of drug-likeness (QED) is 0.0749. The third-order valence-corrected chi connectivity index (χ3v) is 12.2. The molecule has 5 heterocycles. The van der Waals surface area contributed by atoms with Crippen LogP contribution in [0.1, 0.15) is 127 Å². The second kappa shape index (κ2) is 35.9. The Hall–Kier alpha value is -5.66. The number of nitrogens with zero attached hydrogens (tertiary/aromatic N) is 6. The first kappa shape index (κ1) is 72.4. The van der Waals surface area contributed by atoms with Crippen LogP contribution in [0.25, 0.3) is 21.8 Å². The number of amides is 4. The fourth-order valence-corrected chi connectivity index (χ4v) is 8.02. The second-order valence-electron chi connectivity index (χ2n) is 22.0. The standard InChI is InChI=1S/C22H26N2O3.C13H24N2O4.C11H19NO3.C11H7N.C4H10O.Al.Li.4H/c1-22(2,3)27-21(26)24-12-10-17(11-13-24)20(25)9-8-16-14-18-6-4-5-7-19(18)23-15-16;1-13(2,3)19-12(17)15-8-6-10(7-9-15)11(16)14(4)18-5;1-11(2,3)15-10(14)12-6-4-9(8-13)5-7-12;1-2-9-7-10-5-3-4-6-11(10)12-8-9;1-3-5-4-2;;;;;;/h4-7,14-15,17,20,25H,10-13H2,1-3H3;10H,6-9H2,1-5H3;8-9H,4-7H2,1-3H3;1,3-8H;3-4H2,1-2H3;;;;;;/q;;;;;;+1;;;;-1. The molecular formula is C61H90AlLiN6O11. The van der Waals surface area contributed by atoms with Crippen molar-refractivity contribution in [1.29, 1.82) is 0 Å². The van der Waals surface area contributed by atoms with Gasteiger partial charge in [0, 0.05) is 106 Å². The van der Waals surface area contributed by atoms with Crippen LogP contribution >= 0.6 is 0 Å². The van der Waals surface area contributed by atoms with Gasteiger partial charge in [0.05, 0.1) is 18.1 Å². The molecule has 1 N–H and O–H groups in total. The third kappa shape index (κ3) is 27.2. The maximum absolute atomic E-state index is 12.1. The molecule has 17 nitrogen and oxygen atoms in total. The number of hydrogen-bond donors (Lipinski definition) is 1. The number of benzene rings is 2. The number of aliphatic hydroxyl groups excluding tert-OH is 1. The van der Waals surface area contributed by atoms with E-state index in [2.05, 4.69) is 27.7 Å². The van der Waals surface area contributed by atoms with E-state index in [1.807, 2.05) is 137 Å². The summed E-state index contributed by atoms with van der Waals surface area (Å²) in [5.41, 5.74) is 2.10. The summed E-state index contributed by atoms with van der Waals surface area (Å²) < 4.78 is 20.8. The van der Waals surface area contributed by atoms with E-state index in [0.29, 0.717) is 65.0 Å². The van der Waals surface area contributed by atoms with Crippen molar-refractivity contribution in [3.63, 3.8) is 0 Å². The van der Waals surface area contributed by atoms with Crippen LogP contribution in [0.5, 0.6) is 0 Å². The molecule has 3 fully saturated rings. The van der Waals surface area contributed by atoms with Crippen LogP contribution in [0.2, 0.25) is 0 Å². The Bertz CT molecular complexity index is 2640. The molecule has 80 heavy (non-hydrogen) atoms. The van der Waals surface area contributed by atoms with E-state index < -0.39 is 22.9 Å². The van der Waals surface area contributed by atoms with Gasteiger partial charge in [0.1, 0.15) is 29.2 Å². The number of rotatable bonds is 6. The number of hydrogen-bond acceptors (Lipinski definition) is 13. The van der Waals surface area contributed by atoms with Gasteiger partial charge >= 0.3 is 37.1 Å². The topological polar surface area (TPSA) is 190 Å². The Labute approximate surface area is 500 Å². The van der Waals surface area contributed by atoms with Gasteiger partial charge in [-0.05, 0) is 145 Å². The maximum atomic E-state index is 12.1. The Morgan fingerprint density at radius 2 is 1.09 bits per heavy atom. The zero-order valence-electron chi connectivity index (χ0n) is 50.5. The number of pyridine rings is 2. The van der Waals surface area contributed by atoms with Crippen LogP contribution in [0.15, 0.2) is 73.1 Å². The monoisotopic (exact) mass is 1120 g/mol. The molecule has 19 heteroatoms. The summed E-state index contributed by atoms with van der Waals surface area (Å²) >= 11 is 0. The van der Waals surface area contributed by atoms with Crippen molar-refractivity contribution < 1.29 is 73.2 Å². The summed E-state index contributed by atoms with van der Waals surface area (Å²) in [5, 5.41) is 13.8. The minimum Gasteiger partial charge on any atom is -1.00 e. The van der Waals surface area contributed by atoms with Crippen LogP contribution in [-0.4, -0.2) is 172 Å². The van der Waals surface area contributed by atoms with E-state index in [9.17, 15) is 29.1 Å². The molecule has 0 radical (unpaired) electrons. The Balaban J connectivity index is 0.00000105. The molecule has 3 aliphatic heterocycles. The molecular weight excluding hydrogens is 1030 g/mol. The van der Waals surface area contributed by atoms with Crippen molar-refractivity contribution in [3.8, 4) is 24.2 Å². The summed E-state index contributed by atoms with van der Waals surface area (Å²) in [6, 6.07) is 19.7. The van der Waals surface area contributed by atoms with Crippen LogP contribution in [-0.2, 0) is 33.4 Å². The van der Waals surface area contributed by atoms with Gasteiger partial charge in [-0.15, -0.1) is 6.42 Å². The Morgan fingerprint density at radius 3 is 1.46 bits per heavy atom. The van der Waals surface area contributed by atoms with Gasteiger partial charge in [-0.2, -0.15) is 0 Å². The number of para-hydroxylation sites is 2. The molecule has 1 unspecified atom stereocenters. The SMILES string of the molecule is C#Cc1cnc2ccccc2c1.CC(C)(C)OC(=O)N1CCC(C(O)C#Cc2cnc3ccccc3c2)CC1.CC(C)(C)OC(=O)N1CCC(C=O)CC1.CCOCC.CON(C)C(=O)C1CCN(C(=O)OC(C)(C)C)CC1.[AlH3].[H-].[Li+]. The first-order valence-electron chi connectivity index (χ1n) is 26.9. The number of aliphatic hydroxyl groups is 1. The van der Waals surface area contributed by atoms with Crippen LogP contribution in [0, 0.1) is 41.9 Å². The predicted molar refractivity (Wildman–Crippen MR) is 315 cm³/mol. The maximum Gasteiger partial charge on any atom is 1.00 e. The Morgan fingerprint density at radius 1 is 0.700 bits per heavy atom. The number of aldehydes is 1. The number of hydroxylamine groups is 2. The molecule has 0 bridgehead atoms. The zero-order valence-corrected chi connectivity index (χ0v) is 49.5. The number of piperidine rings is 3. The third-order valence-electron chi connectivity index (χ3n) is 12.2. The fourth-order valence-electron chi connectivity index (χ4n) is 8.02. The van der Waals surface area contributed by atoms with Crippen LogP contribution in [0.4, 0.5) is 14.4 Å². The molecule has 0 aliphatic carbocycles. The van der Waals surface area contributed by atoms with E-state index >= 15 is 0 Å². The van der Waals surface area contributed by atoms with Gasteiger partial charge in [0.2, 0.25) is 5.91 Å². The van der Waals surface area contributed by atoms with E-state index in [-0.39, 0.29) is 79.6 Å². The first-order chi connectivity index (χ1) is 36.8. The number of carbonyl (C=O) groups is 5. The van der Waals surface area contributed by atoms with Crippen molar-refractivity contribution in [2.45, 2.75) is 138 Å². The fraction of sp³-hybridized carbons (Fsp3) is 0.557. The summed E-state index contributed by atoms with van der Waals surface area (Å²) in [6.45, 7) is 25.8. The van der Waals surface area contributed by atoms with E-state index in [1.165, 1.54) is 12.2 Å². The number of terminal acetylenes is 1. The number of ether oxygens (including phenoxy) is 4. The smallest absolute Gasteiger partial charge is 1.00 e. The predicted octanol–water partition coefficient (Wildman–Crippen LogP) is 6.27. The normalized spacial score (nSPS) is 15.1. The summed E-state index contributed by atoms with van der Waals surface area (Å²) in [6.07, 6.45) is 12.3. The molecule has 434 valence electrons. The van der Waals surface area contributed by atoms with Crippen molar-refractivity contribution in [1.82, 2.24) is 29.7 Å². The van der Waals surface area contributed by atoms with Gasteiger partial charge in [0.25, 0.3) is 0 Å². The van der Waals surface area contributed by atoms with E-state index in [1.54, 1.807) is 34.1 Å². The summed E-state index contributed by atoms with van der Waals surface area (Å²) in [4.78, 5) is 76.5. The van der Waals surface area contributed by atoms with Gasteiger partial charge in [-0.3, -0.25) is 19.6 Å². The largest absolute Gasteiger partial charge is 1.00 e. The van der Waals surface area contributed by atoms with Crippen molar-refractivity contribution >= 4 is 69.6 Å². The molecule has 4 aromatic rings. The van der Waals surface area contributed by atoms with E-state index in [0.717, 1.165) is 65.3 Å². The molecule has 2 aromatic carbocycles.